The first kappa shape index (κ1) is 15.5. The summed E-state index contributed by atoms with van der Waals surface area (Å²) in [5.41, 5.74) is 2.36. The summed E-state index contributed by atoms with van der Waals surface area (Å²) in [6.45, 7) is 5.10. The van der Waals surface area contributed by atoms with Crippen molar-refractivity contribution in [1.29, 1.82) is 0 Å². The molecule has 3 rings (SSSR count). The lowest BCUT2D eigenvalue weighted by Gasteiger charge is -2.32. The van der Waals surface area contributed by atoms with Crippen LogP contribution in [-0.2, 0) is 7.05 Å². The molecule has 0 spiro atoms. The largest absolute Gasteiger partial charge is 0.471 e. The molecule has 0 bridgehead atoms. The van der Waals surface area contributed by atoms with E-state index in [-0.39, 0.29) is 12.0 Å². The summed E-state index contributed by atoms with van der Waals surface area (Å²) >= 11 is 0. The van der Waals surface area contributed by atoms with Crippen LogP contribution in [0.1, 0.15) is 34.6 Å². The Morgan fingerprint density at radius 2 is 2.17 bits per heavy atom. The van der Waals surface area contributed by atoms with E-state index < -0.39 is 0 Å². The fraction of sp³-hybridized carbons (Fsp3) is 0.500. The van der Waals surface area contributed by atoms with Crippen molar-refractivity contribution in [3.05, 3.63) is 35.5 Å². The van der Waals surface area contributed by atoms with E-state index in [0.717, 1.165) is 30.8 Å². The van der Waals surface area contributed by atoms with Gasteiger partial charge in [-0.05, 0) is 26.7 Å². The number of likely N-dealkylation sites (tertiary alicyclic amines) is 1. The molecule has 1 atom stereocenters. The number of hydrogen-bond acceptors (Lipinski definition) is 5. The number of carbonyl (C=O) groups excluding carboxylic acids is 1. The van der Waals surface area contributed by atoms with Crippen LogP contribution in [0.2, 0.25) is 0 Å². The van der Waals surface area contributed by atoms with E-state index in [2.05, 4.69) is 15.1 Å². The van der Waals surface area contributed by atoms with Gasteiger partial charge in [0.15, 0.2) is 0 Å². The predicted octanol–water partition coefficient (Wildman–Crippen LogP) is 1.51. The maximum Gasteiger partial charge on any atom is 0.257 e. The van der Waals surface area contributed by atoms with Gasteiger partial charge in [-0.3, -0.25) is 14.5 Å². The highest BCUT2D eigenvalue weighted by Gasteiger charge is 2.29. The lowest BCUT2D eigenvalue weighted by molar-refractivity contribution is 0.0525. The van der Waals surface area contributed by atoms with Crippen LogP contribution in [0.15, 0.2) is 18.6 Å². The molecule has 1 fully saturated rings. The average Bonchev–Trinajstić information content (AvgIpc) is 2.80. The molecule has 0 radical (unpaired) electrons. The third-order valence-corrected chi connectivity index (χ3v) is 4.22. The Balaban J connectivity index is 1.72. The second-order valence-corrected chi connectivity index (χ2v) is 5.85. The minimum atomic E-state index is -0.0540. The van der Waals surface area contributed by atoms with Crippen LogP contribution >= 0.6 is 0 Å². The lowest BCUT2D eigenvalue weighted by Crippen LogP contribution is -2.44. The molecule has 1 aliphatic heterocycles. The van der Waals surface area contributed by atoms with Gasteiger partial charge in [0.25, 0.3) is 5.91 Å². The maximum atomic E-state index is 12.8. The Bertz CT molecular complexity index is 698. The van der Waals surface area contributed by atoms with Crippen LogP contribution in [0, 0.1) is 13.8 Å². The zero-order valence-electron chi connectivity index (χ0n) is 13.7. The van der Waals surface area contributed by atoms with Gasteiger partial charge in [0.1, 0.15) is 6.10 Å². The van der Waals surface area contributed by atoms with Gasteiger partial charge in [-0.2, -0.15) is 5.10 Å². The number of carbonyl (C=O) groups is 1. The Labute approximate surface area is 135 Å². The highest BCUT2D eigenvalue weighted by Crippen LogP contribution is 2.20. The SMILES string of the molecule is Cc1nn(C)c(C)c1C(=O)N1CCCC(Oc2cnccn2)C1. The molecule has 1 amide bonds. The van der Waals surface area contributed by atoms with Crippen molar-refractivity contribution in [2.45, 2.75) is 32.8 Å². The Hall–Kier alpha value is -2.44. The quantitative estimate of drug-likeness (QED) is 0.858. The molecule has 122 valence electrons. The first-order chi connectivity index (χ1) is 11.1. The minimum Gasteiger partial charge on any atom is -0.471 e. The molecule has 0 N–H and O–H groups in total. The molecule has 7 nitrogen and oxygen atoms in total. The van der Waals surface area contributed by atoms with Gasteiger partial charge in [-0.1, -0.05) is 0 Å². The number of ether oxygens (including phenoxy) is 1. The third kappa shape index (κ3) is 3.18. The molecule has 7 heteroatoms. The van der Waals surface area contributed by atoms with E-state index in [4.69, 9.17) is 4.74 Å². The summed E-state index contributed by atoms with van der Waals surface area (Å²) in [5.74, 6) is 0.529. The van der Waals surface area contributed by atoms with Crippen molar-refractivity contribution in [3.8, 4) is 5.88 Å². The van der Waals surface area contributed by atoms with Gasteiger partial charge < -0.3 is 9.64 Å². The van der Waals surface area contributed by atoms with Crippen LogP contribution in [-0.4, -0.2) is 49.7 Å². The van der Waals surface area contributed by atoms with Crippen LogP contribution in [0.3, 0.4) is 0 Å². The van der Waals surface area contributed by atoms with Crippen molar-refractivity contribution < 1.29 is 9.53 Å². The number of aromatic nitrogens is 4. The van der Waals surface area contributed by atoms with Gasteiger partial charge in [0.05, 0.1) is 24.0 Å². The number of nitrogens with zero attached hydrogens (tertiary/aromatic N) is 5. The number of piperidine rings is 1. The van der Waals surface area contributed by atoms with Crippen LogP contribution in [0.4, 0.5) is 0 Å². The summed E-state index contributed by atoms with van der Waals surface area (Å²) in [7, 11) is 1.86. The van der Waals surface area contributed by atoms with Crippen molar-refractivity contribution in [2.75, 3.05) is 13.1 Å². The van der Waals surface area contributed by atoms with E-state index >= 15 is 0 Å². The molecular weight excluding hydrogens is 294 g/mol. The van der Waals surface area contributed by atoms with Crippen LogP contribution < -0.4 is 4.74 Å². The summed E-state index contributed by atoms with van der Waals surface area (Å²) in [4.78, 5) is 22.8. The highest BCUT2D eigenvalue weighted by atomic mass is 16.5. The first-order valence-electron chi connectivity index (χ1n) is 7.78. The van der Waals surface area contributed by atoms with Gasteiger partial charge in [-0.25, -0.2) is 4.98 Å². The van der Waals surface area contributed by atoms with E-state index in [1.54, 1.807) is 23.3 Å². The Kier molecular flexibility index (Phi) is 4.27. The third-order valence-electron chi connectivity index (χ3n) is 4.22. The lowest BCUT2D eigenvalue weighted by atomic mass is 10.1. The van der Waals surface area contributed by atoms with Gasteiger partial charge in [0.2, 0.25) is 5.88 Å². The molecule has 0 aliphatic carbocycles. The first-order valence-corrected chi connectivity index (χ1v) is 7.78. The topological polar surface area (TPSA) is 73.1 Å². The zero-order valence-corrected chi connectivity index (χ0v) is 13.7. The van der Waals surface area contributed by atoms with Gasteiger partial charge in [0, 0.05) is 31.7 Å². The predicted molar refractivity (Wildman–Crippen MR) is 84.3 cm³/mol. The number of rotatable bonds is 3. The Morgan fingerprint density at radius 3 is 2.83 bits per heavy atom. The molecule has 0 saturated carbocycles. The van der Waals surface area contributed by atoms with Crippen molar-refractivity contribution in [2.24, 2.45) is 7.05 Å². The van der Waals surface area contributed by atoms with E-state index in [0.29, 0.717) is 18.0 Å². The average molecular weight is 315 g/mol. The number of aryl methyl sites for hydroxylation is 2. The second-order valence-electron chi connectivity index (χ2n) is 5.85. The van der Waals surface area contributed by atoms with Crippen LogP contribution in [0.5, 0.6) is 5.88 Å². The fourth-order valence-electron chi connectivity index (χ4n) is 2.98. The maximum absolute atomic E-state index is 12.8. The summed E-state index contributed by atoms with van der Waals surface area (Å²) < 4.78 is 7.60. The molecule has 1 unspecified atom stereocenters. The molecule has 0 aromatic carbocycles. The monoisotopic (exact) mass is 315 g/mol. The van der Waals surface area contributed by atoms with Gasteiger partial charge in [-0.15, -0.1) is 0 Å². The normalized spacial score (nSPS) is 18.0. The zero-order chi connectivity index (χ0) is 16.4. The van der Waals surface area contributed by atoms with E-state index in [1.807, 2.05) is 25.8 Å². The van der Waals surface area contributed by atoms with Crippen molar-refractivity contribution in [3.63, 3.8) is 0 Å². The molecular formula is C16H21N5O2. The van der Waals surface area contributed by atoms with Crippen LogP contribution in [0.25, 0.3) is 0 Å². The summed E-state index contributed by atoms with van der Waals surface area (Å²) in [5, 5.41) is 4.33. The number of amides is 1. The summed E-state index contributed by atoms with van der Waals surface area (Å²) in [6.07, 6.45) is 6.57. The van der Waals surface area contributed by atoms with E-state index in [1.165, 1.54) is 0 Å². The van der Waals surface area contributed by atoms with E-state index in [9.17, 15) is 4.79 Å². The molecule has 2 aromatic heterocycles. The molecule has 23 heavy (non-hydrogen) atoms. The second kappa shape index (κ2) is 6.36. The van der Waals surface area contributed by atoms with Gasteiger partial charge >= 0.3 is 0 Å². The molecule has 3 heterocycles. The standard InChI is InChI=1S/C16H21N5O2/c1-11-15(12(2)20(3)19-11)16(22)21-8-4-5-13(10-21)23-14-9-17-6-7-18-14/h6-7,9,13H,4-5,8,10H2,1-3H3. The smallest absolute Gasteiger partial charge is 0.257 e. The molecule has 2 aromatic rings. The summed E-state index contributed by atoms with van der Waals surface area (Å²) in [6, 6.07) is 0. The molecule has 1 aliphatic rings. The van der Waals surface area contributed by atoms with Crippen molar-refractivity contribution in [1.82, 2.24) is 24.6 Å². The number of hydrogen-bond donors (Lipinski definition) is 0. The Morgan fingerprint density at radius 1 is 1.35 bits per heavy atom. The highest BCUT2D eigenvalue weighted by molar-refractivity contribution is 5.96. The molecule has 1 saturated heterocycles. The fourth-order valence-corrected chi connectivity index (χ4v) is 2.98. The van der Waals surface area contributed by atoms with Crippen molar-refractivity contribution >= 4 is 5.91 Å². The minimum absolute atomic E-state index is 0.0283.